The van der Waals surface area contributed by atoms with Crippen molar-refractivity contribution < 1.29 is 9.18 Å². The van der Waals surface area contributed by atoms with Gasteiger partial charge >= 0.3 is 0 Å². The van der Waals surface area contributed by atoms with Gasteiger partial charge in [-0.05, 0) is 37.6 Å². The van der Waals surface area contributed by atoms with Gasteiger partial charge in [-0.15, -0.1) is 0 Å². The highest BCUT2D eigenvalue weighted by atomic mass is 19.1. The fourth-order valence-corrected chi connectivity index (χ4v) is 1.88. The average Bonchev–Trinajstić information content (AvgIpc) is 2.37. The Morgan fingerprint density at radius 2 is 2.19 bits per heavy atom. The molecule has 0 aliphatic carbocycles. The van der Waals surface area contributed by atoms with Crippen LogP contribution in [0.5, 0.6) is 0 Å². The van der Waals surface area contributed by atoms with Crippen LogP contribution < -0.4 is 5.32 Å². The summed E-state index contributed by atoms with van der Waals surface area (Å²) in [5.74, 6) is -0.492. The van der Waals surface area contributed by atoms with Crippen LogP contribution in [0.25, 0.3) is 0 Å². The lowest BCUT2D eigenvalue weighted by Crippen LogP contribution is -2.51. The van der Waals surface area contributed by atoms with Crippen molar-refractivity contribution in [1.82, 2.24) is 10.2 Å². The molecule has 5 heteroatoms. The minimum atomic E-state index is -0.878. The van der Waals surface area contributed by atoms with Crippen LogP contribution in [0.15, 0.2) is 24.3 Å². The SMILES string of the molecule is CC(C)[C@](C)(C#N)NC(=O)CN(C)Cc1cccc(F)c1. The predicted octanol–water partition coefficient (Wildman–Crippen LogP) is 2.31. The summed E-state index contributed by atoms with van der Waals surface area (Å²) in [6, 6.07) is 8.43. The van der Waals surface area contributed by atoms with Crippen molar-refractivity contribution in [3.05, 3.63) is 35.6 Å². The summed E-state index contributed by atoms with van der Waals surface area (Å²) in [5.41, 5.74) is -0.0752. The highest BCUT2D eigenvalue weighted by molar-refractivity contribution is 5.79. The number of amides is 1. The molecule has 1 aromatic rings. The number of nitrogens with zero attached hydrogens (tertiary/aromatic N) is 2. The Morgan fingerprint density at radius 1 is 1.52 bits per heavy atom. The van der Waals surface area contributed by atoms with Crippen molar-refractivity contribution in [3.63, 3.8) is 0 Å². The van der Waals surface area contributed by atoms with Gasteiger partial charge in [0.1, 0.15) is 11.4 Å². The van der Waals surface area contributed by atoms with E-state index in [9.17, 15) is 14.4 Å². The van der Waals surface area contributed by atoms with E-state index < -0.39 is 5.54 Å². The van der Waals surface area contributed by atoms with Crippen LogP contribution in [0.1, 0.15) is 26.3 Å². The summed E-state index contributed by atoms with van der Waals surface area (Å²) in [6.07, 6.45) is 0. The molecule has 1 rings (SSSR count). The van der Waals surface area contributed by atoms with Gasteiger partial charge in [0.25, 0.3) is 0 Å². The first kappa shape index (κ1) is 17.1. The molecule has 0 radical (unpaired) electrons. The van der Waals surface area contributed by atoms with Crippen LogP contribution in [0.2, 0.25) is 0 Å². The lowest BCUT2D eigenvalue weighted by Gasteiger charge is -2.28. The molecular weight excluding hydrogens is 269 g/mol. The third-order valence-electron chi connectivity index (χ3n) is 3.54. The van der Waals surface area contributed by atoms with Crippen LogP contribution in [0.3, 0.4) is 0 Å². The van der Waals surface area contributed by atoms with Crippen molar-refractivity contribution in [3.8, 4) is 6.07 Å². The number of nitrogens with one attached hydrogen (secondary N) is 1. The van der Waals surface area contributed by atoms with Crippen LogP contribution in [-0.4, -0.2) is 29.9 Å². The van der Waals surface area contributed by atoms with Gasteiger partial charge in [-0.2, -0.15) is 5.26 Å². The Morgan fingerprint density at radius 3 is 2.71 bits per heavy atom. The van der Waals surface area contributed by atoms with Gasteiger partial charge in [-0.3, -0.25) is 9.69 Å². The fraction of sp³-hybridized carbons (Fsp3) is 0.500. The largest absolute Gasteiger partial charge is 0.337 e. The molecule has 21 heavy (non-hydrogen) atoms. The van der Waals surface area contributed by atoms with Crippen LogP contribution >= 0.6 is 0 Å². The van der Waals surface area contributed by atoms with Crippen molar-refractivity contribution in [1.29, 1.82) is 5.26 Å². The number of hydrogen-bond donors (Lipinski definition) is 1. The first-order valence-electron chi connectivity index (χ1n) is 6.92. The molecule has 0 heterocycles. The normalized spacial score (nSPS) is 13.8. The third-order valence-corrected chi connectivity index (χ3v) is 3.54. The molecule has 0 saturated heterocycles. The summed E-state index contributed by atoms with van der Waals surface area (Å²) in [7, 11) is 1.78. The molecule has 1 amide bonds. The Labute approximate surface area is 125 Å². The number of halogens is 1. The van der Waals surface area contributed by atoms with Crippen LogP contribution in [0.4, 0.5) is 4.39 Å². The molecule has 0 aliphatic heterocycles. The van der Waals surface area contributed by atoms with Gasteiger partial charge in [0.05, 0.1) is 12.6 Å². The topological polar surface area (TPSA) is 56.1 Å². The van der Waals surface area contributed by atoms with E-state index >= 15 is 0 Å². The second-order valence-electron chi connectivity index (χ2n) is 5.82. The highest BCUT2D eigenvalue weighted by Crippen LogP contribution is 2.15. The number of nitriles is 1. The first-order chi connectivity index (χ1) is 9.76. The molecule has 0 aromatic heterocycles. The maximum atomic E-state index is 13.1. The van der Waals surface area contributed by atoms with Crippen molar-refractivity contribution in [2.45, 2.75) is 32.9 Å². The standard InChI is InChI=1S/C16H22FN3O/c1-12(2)16(3,11-18)19-15(21)10-20(4)9-13-6-5-7-14(17)8-13/h5-8,12H,9-10H2,1-4H3,(H,19,21)/t16-/m0/s1. The molecule has 1 aromatic carbocycles. The molecule has 0 unspecified atom stereocenters. The molecule has 1 N–H and O–H groups in total. The Balaban J connectivity index is 2.57. The van der Waals surface area contributed by atoms with Gasteiger partial charge in [0.15, 0.2) is 0 Å². The minimum absolute atomic E-state index is 0.0139. The van der Waals surface area contributed by atoms with Crippen LogP contribution in [-0.2, 0) is 11.3 Å². The number of rotatable bonds is 6. The van der Waals surface area contributed by atoms with Gasteiger partial charge in [-0.25, -0.2) is 4.39 Å². The second-order valence-corrected chi connectivity index (χ2v) is 5.82. The molecule has 0 saturated carbocycles. The van der Waals surface area contributed by atoms with E-state index in [4.69, 9.17) is 0 Å². The monoisotopic (exact) mass is 291 g/mol. The zero-order valence-corrected chi connectivity index (χ0v) is 13.0. The molecule has 114 valence electrons. The number of carbonyl (C=O) groups excluding carboxylic acids is 1. The maximum absolute atomic E-state index is 13.1. The van der Waals surface area contributed by atoms with Gasteiger partial charge in [0.2, 0.25) is 5.91 Å². The van der Waals surface area contributed by atoms with Crippen molar-refractivity contribution in [2.24, 2.45) is 5.92 Å². The molecule has 0 bridgehead atoms. The smallest absolute Gasteiger partial charge is 0.235 e. The fourth-order valence-electron chi connectivity index (χ4n) is 1.88. The molecule has 0 aliphatic rings. The van der Waals surface area contributed by atoms with E-state index in [1.165, 1.54) is 12.1 Å². The van der Waals surface area contributed by atoms with Gasteiger partial charge < -0.3 is 5.32 Å². The zero-order chi connectivity index (χ0) is 16.0. The van der Waals surface area contributed by atoms with Crippen molar-refractivity contribution in [2.75, 3.05) is 13.6 Å². The minimum Gasteiger partial charge on any atom is -0.337 e. The van der Waals surface area contributed by atoms with E-state index in [1.54, 1.807) is 24.9 Å². The van der Waals surface area contributed by atoms with Gasteiger partial charge in [-0.1, -0.05) is 26.0 Å². The Kier molecular flexibility index (Phi) is 5.86. The first-order valence-corrected chi connectivity index (χ1v) is 6.92. The molecular formula is C16H22FN3O. The summed E-state index contributed by atoms with van der Waals surface area (Å²) < 4.78 is 13.1. The summed E-state index contributed by atoms with van der Waals surface area (Å²) in [4.78, 5) is 13.8. The van der Waals surface area contributed by atoms with E-state index in [1.807, 2.05) is 19.9 Å². The predicted molar refractivity (Wildman–Crippen MR) is 79.7 cm³/mol. The lowest BCUT2D eigenvalue weighted by atomic mass is 9.90. The molecule has 0 fully saturated rings. The van der Waals surface area contributed by atoms with Crippen molar-refractivity contribution >= 4 is 5.91 Å². The summed E-state index contributed by atoms with van der Waals surface area (Å²) in [5, 5.41) is 11.9. The number of benzene rings is 1. The van der Waals surface area contributed by atoms with E-state index in [0.29, 0.717) is 6.54 Å². The zero-order valence-electron chi connectivity index (χ0n) is 13.0. The van der Waals surface area contributed by atoms with Crippen LogP contribution in [0, 0.1) is 23.1 Å². The summed E-state index contributed by atoms with van der Waals surface area (Å²) in [6.45, 7) is 6.11. The molecule has 1 atom stereocenters. The number of likely N-dealkylation sites (N-methyl/N-ethyl adjacent to an activating group) is 1. The highest BCUT2D eigenvalue weighted by Gasteiger charge is 2.30. The van der Waals surface area contributed by atoms with E-state index in [-0.39, 0.29) is 24.2 Å². The third kappa shape index (κ3) is 5.16. The molecule has 0 spiro atoms. The van der Waals surface area contributed by atoms with Gasteiger partial charge in [0, 0.05) is 6.54 Å². The average molecular weight is 291 g/mol. The lowest BCUT2D eigenvalue weighted by molar-refractivity contribution is -0.123. The van der Waals surface area contributed by atoms with E-state index in [0.717, 1.165) is 5.56 Å². The molecule has 4 nitrogen and oxygen atoms in total. The quantitative estimate of drug-likeness (QED) is 0.875. The summed E-state index contributed by atoms with van der Waals surface area (Å²) >= 11 is 0. The maximum Gasteiger partial charge on any atom is 0.235 e. The van der Waals surface area contributed by atoms with E-state index in [2.05, 4.69) is 11.4 Å². The number of carbonyl (C=O) groups is 1. The number of hydrogen-bond acceptors (Lipinski definition) is 3. The Hall–Kier alpha value is -1.93. The Bertz CT molecular complexity index is 539. The second kappa shape index (κ2) is 7.19.